The fourth-order valence-corrected chi connectivity index (χ4v) is 2.84. The third-order valence-corrected chi connectivity index (χ3v) is 3.83. The standard InChI is InChI=1S/C15H24N2/c1-3-17(4-2)15-10-11-16(13-15)12-14-8-6-5-7-9-14/h5-9,15H,3-4,10-13H2,1-2H3/t15-/m0/s1. The van der Waals surface area contributed by atoms with Crippen LogP contribution >= 0.6 is 0 Å². The first-order valence-electron chi connectivity index (χ1n) is 6.83. The Morgan fingerprint density at radius 1 is 1.18 bits per heavy atom. The van der Waals surface area contributed by atoms with E-state index in [9.17, 15) is 0 Å². The molecule has 2 heteroatoms. The summed E-state index contributed by atoms with van der Waals surface area (Å²) in [4.78, 5) is 5.17. The molecule has 1 aromatic carbocycles. The van der Waals surface area contributed by atoms with Gasteiger partial charge in [0.2, 0.25) is 0 Å². The molecule has 0 aromatic heterocycles. The summed E-state index contributed by atoms with van der Waals surface area (Å²) in [7, 11) is 0. The van der Waals surface area contributed by atoms with Crippen LogP contribution in [0.25, 0.3) is 0 Å². The van der Waals surface area contributed by atoms with Gasteiger partial charge in [-0.05, 0) is 25.1 Å². The predicted molar refractivity (Wildman–Crippen MR) is 73.0 cm³/mol. The maximum atomic E-state index is 2.59. The van der Waals surface area contributed by atoms with E-state index in [-0.39, 0.29) is 0 Å². The Hall–Kier alpha value is -0.860. The molecule has 1 aliphatic heterocycles. The third-order valence-electron chi connectivity index (χ3n) is 3.83. The Balaban J connectivity index is 1.86. The van der Waals surface area contributed by atoms with E-state index in [0.29, 0.717) is 0 Å². The van der Waals surface area contributed by atoms with Crippen LogP contribution in [0.4, 0.5) is 0 Å². The zero-order valence-corrected chi connectivity index (χ0v) is 11.1. The number of benzene rings is 1. The second-order valence-electron chi connectivity index (χ2n) is 4.88. The molecule has 1 fully saturated rings. The maximum Gasteiger partial charge on any atom is 0.0235 e. The van der Waals surface area contributed by atoms with Gasteiger partial charge >= 0.3 is 0 Å². The van der Waals surface area contributed by atoms with Gasteiger partial charge in [-0.25, -0.2) is 0 Å². The van der Waals surface area contributed by atoms with Gasteiger partial charge in [-0.3, -0.25) is 9.80 Å². The van der Waals surface area contributed by atoms with Crippen LogP contribution in [0.1, 0.15) is 25.8 Å². The lowest BCUT2D eigenvalue weighted by molar-refractivity contribution is 0.209. The summed E-state index contributed by atoms with van der Waals surface area (Å²) in [5.74, 6) is 0. The van der Waals surface area contributed by atoms with Crippen molar-refractivity contribution in [3.8, 4) is 0 Å². The lowest BCUT2D eigenvalue weighted by Crippen LogP contribution is -2.37. The average Bonchev–Trinajstić information content (AvgIpc) is 2.81. The van der Waals surface area contributed by atoms with Crippen molar-refractivity contribution in [3.63, 3.8) is 0 Å². The van der Waals surface area contributed by atoms with Crippen LogP contribution < -0.4 is 0 Å². The fraction of sp³-hybridized carbons (Fsp3) is 0.600. The van der Waals surface area contributed by atoms with E-state index >= 15 is 0 Å². The van der Waals surface area contributed by atoms with Crippen molar-refractivity contribution < 1.29 is 0 Å². The van der Waals surface area contributed by atoms with Crippen LogP contribution in [0, 0.1) is 0 Å². The molecule has 0 aliphatic carbocycles. The summed E-state index contributed by atoms with van der Waals surface area (Å²) in [5, 5.41) is 0. The molecule has 0 radical (unpaired) electrons. The second-order valence-corrected chi connectivity index (χ2v) is 4.88. The molecule has 0 bridgehead atoms. The third kappa shape index (κ3) is 3.30. The van der Waals surface area contributed by atoms with Crippen molar-refractivity contribution in [1.29, 1.82) is 0 Å². The largest absolute Gasteiger partial charge is 0.300 e. The minimum atomic E-state index is 0.772. The lowest BCUT2D eigenvalue weighted by Gasteiger charge is -2.26. The minimum absolute atomic E-state index is 0.772. The highest BCUT2D eigenvalue weighted by Crippen LogP contribution is 2.17. The van der Waals surface area contributed by atoms with E-state index in [0.717, 1.165) is 12.6 Å². The Labute approximate surface area is 105 Å². The van der Waals surface area contributed by atoms with Gasteiger partial charge in [0.15, 0.2) is 0 Å². The van der Waals surface area contributed by atoms with Crippen LogP contribution in [0.3, 0.4) is 0 Å². The molecule has 0 amide bonds. The second kappa shape index (κ2) is 6.18. The quantitative estimate of drug-likeness (QED) is 0.770. The molecule has 94 valence electrons. The maximum absolute atomic E-state index is 2.59. The molecule has 0 N–H and O–H groups in total. The number of nitrogens with zero attached hydrogens (tertiary/aromatic N) is 2. The van der Waals surface area contributed by atoms with E-state index in [2.05, 4.69) is 54.0 Å². The van der Waals surface area contributed by atoms with Crippen molar-refractivity contribution in [2.75, 3.05) is 26.2 Å². The van der Waals surface area contributed by atoms with Crippen LogP contribution in [-0.2, 0) is 6.54 Å². The molecule has 1 saturated heterocycles. The van der Waals surface area contributed by atoms with Gasteiger partial charge in [0, 0.05) is 25.7 Å². The number of likely N-dealkylation sites (N-methyl/N-ethyl adjacent to an activating group) is 1. The molecule has 1 aromatic rings. The normalized spacial score (nSPS) is 21.2. The van der Waals surface area contributed by atoms with Gasteiger partial charge in [0.05, 0.1) is 0 Å². The summed E-state index contributed by atoms with van der Waals surface area (Å²) < 4.78 is 0. The molecule has 0 saturated carbocycles. The Morgan fingerprint density at radius 2 is 1.88 bits per heavy atom. The van der Waals surface area contributed by atoms with Crippen LogP contribution in [0.15, 0.2) is 30.3 Å². The van der Waals surface area contributed by atoms with Gasteiger partial charge in [-0.15, -0.1) is 0 Å². The molecule has 2 rings (SSSR count). The molecule has 0 spiro atoms. The van der Waals surface area contributed by atoms with Gasteiger partial charge in [0.1, 0.15) is 0 Å². The summed E-state index contributed by atoms with van der Waals surface area (Å²) in [6, 6.07) is 11.6. The first-order chi connectivity index (χ1) is 8.33. The monoisotopic (exact) mass is 232 g/mol. The van der Waals surface area contributed by atoms with Gasteiger partial charge in [-0.1, -0.05) is 44.2 Å². The number of rotatable bonds is 5. The Kier molecular flexibility index (Phi) is 4.57. The van der Waals surface area contributed by atoms with Crippen molar-refractivity contribution in [2.45, 2.75) is 32.9 Å². The van der Waals surface area contributed by atoms with E-state index < -0.39 is 0 Å². The van der Waals surface area contributed by atoms with E-state index in [1.54, 1.807) is 0 Å². The molecular formula is C15H24N2. The fourth-order valence-electron chi connectivity index (χ4n) is 2.84. The van der Waals surface area contributed by atoms with Crippen LogP contribution in [0.2, 0.25) is 0 Å². The van der Waals surface area contributed by atoms with Crippen LogP contribution in [-0.4, -0.2) is 42.0 Å². The Bertz CT molecular complexity index is 319. The molecule has 1 aliphatic rings. The lowest BCUT2D eigenvalue weighted by atomic mass is 10.2. The minimum Gasteiger partial charge on any atom is -0.300 e. The SMILES string of the molecule is CCN(CC)[C@H]1CCN(Cc2ccccc2)C1. The zero-order chi connectivity index (χ0) is 12.1. The van der Waals surface area contributed by atoms with E-state index in [4.69, 9.17) is 0 Å². The van der Waals surface area contributed by atoms with Gasteiger partial charge in [0.25, 0.3) is 0 Å². The van der Waals surface area contributed by atoms with Crippen molar-refractivity contribution in [2.24, 2.45) is 0 Å². The zero-order valence-electron chi connectivity index (χ0n) is 11.1. The summed E-state index contributed by atoms with van der Waals surface area (Å²) in [5.41, 5.74) is 1.44. The first kappa shape index (κ1) is 12.6. The predicted octanol–water partition coefficient (Wildman–Crippen LogP) is 2.60. The summed E-state index contributed by atoms with van der Waals surface area (Å²) in [6.45, 7) is 10.5. The van der Waals surface area contributed by atoms with E-state index in [1.807, 2.05) is 0 Å². The molecule has 2 nitrogen and oxygen atoms in total. The van der Waals surface area contributed by atoms with Crippen molar-refractivity contribution in [1.82, 2.24) is 9.80 Å². The van der Waals surface area contributed by atoms with Crippen molar-refractivity contribution in [3.05, 3.63) is 35.9 Å². The van der Waals surface area contributed by atoms with Gasteiger partial charge < -0.3 is 0 Å². The number of hydrogen-bond donors (Lipinski definition) is 0. The highest BCUT2D eigenvalue weighted by atomic mass is 15.2. The first-order valence-corrected chi connectivity index (χ1v) is 6.83. The average molecular weight is 232 g/mol. The highest BCUT2D eigenvalue weighted by Gasteiger charge is 2.25. The van der Waals surface area contributed by atoms with Gasteiger partial charge in [-0.2, -0.15) is 0 Å². The topological polar surface area (TPSA) is 6.48 Å². The number of likely N-dealkylation sites (tertiary alicyclic amines) is 1. The molecule has 1 atom stereocenters. The Morgan fingerprint density at radius 3 is 2.53 bits per heavy atom. The summed E-state index contributed by atoms with van der Waals surface area (Å²) >= 11 is 0. The molecule has 0 unspecified atom stereocenters. The van der Waals surface area contributed by atoms with Crippen LogP contribution in [0.5, 0.6) is 0 Å². The smallest absolute Gasteiger partial charge is 0.0235 e. The molecule has 17 heavy (non-hydrogen) atoms. The number of hydrogen-bond acceptors (Lipinski definition) is 2. The summed E-state index contributed by atoms with van der Waals surface area (Å²) in [6.07, 6.45) is 1.33. The van der Waals surface area contributed by atoms with Crippen molar-refractivity contribution >= 4 is 0 Å². The highest BCUT2D eigenvalue weighted by molar-refractivity contribution is 5.14. The molecule has 1 heterocycles. The van der Waals surface area contributed by atoms with E-state index in [1.165, 1.54) is 38.2 Å². The molecular weight excluding hydrogens is 208 g/mol.